The van der Waals surface area contributed by atoms with Crippen molar-refractivity contribution in [2.45, 2.75) is 25.4 Å². The zero-order valence-corrected chi connectivity index (χ0v) is 18.5. The summed E-state index contributed by atoms with van der Waals surface area (Å²) >= 11 is 0. The highest BCUT2D eigenvalue weighted by Gasteiger charge is 2.42. The van der Waals surface area contributed by atoms with Crippen LogP contribution in [-0.4, -0.2) is 93.2 Å². The average molecular weight is 464 g/mol. The standard InChI is InChI=1S/C22H28N2O9/c1-29-8-9-30-10-11-31-12-13-32-22(28)33-15-24-19(25)7-6-18(21(24)27)23-14-16-4-2-3-5-17(16)20(23)26/h2-5,18H,6-15H2,1H3. The highest BCUT2D eigenvalue weighted by atomic mass is 16.7. The Morgan fingerprint density at radius 3 is 2.39 bits per heavy atom. The summed E-state index contributed by atoms with van der Waals surface area (Å²) in [5, 5.41) is 0. The van der Waals surface area contributed by atoms with Gasteiger partial charge in [0.1, 0.15) is 12.6 Å². The van der Waals surface area contributed by atoms with E-state index < -0.39 is 30.7 Å². The van der Waals surface area contributed by atoms with Gasteiger partial charge in [0.25, 0.3) is 11.8 Å². The lowest BCUT2D eigenvalue weighted by atomic mass is 10.0. The molecule has 0 spiro atoms. The first-order valence-corrected chi connectivity index (χ1v) is 10.7. The van der Waals surface area contributed by atoms with E-state index in [1.807, 2.05) is 12.1 Å². The number of hydrogen-bond donors (Lipinski definition) is 0. The van der Waals surface area contributed by atoms with Gasteiger partial charge in [-0.1, -0.05) is 18.2 Å². The Kier molecular flexibility index (Phi) is 9.16. The summed E-state index contributed by atoms with van der Waals surface area (Å²) in [6, 6.07) is 6.35. The van der Waals surface area contributed by atoms with Crippen molar-refractivity contribution in [2.75, 3.05) is 53.5 Å². The molecule has 2 heterocycles. The minimum atomic E-state index is -1.03. The van der Waals surface area contributed by atoms with E-state index in [0.29, 0.717) is 38.5 Å². The molecule has 1 atom stereocenters. The van der Waals surface area contributed by atoms with Gasteiger partial charge in [0.05, 0.1) is 33.0 Å². The smallest absolute Gasteiger partial charge is 0.432 e. The van der Waals surface area contributed by atoms with E-state index >= 15 is 0 Å². The van der Waals surface area contributed by atoms with Crippen molar-refractivity contribution in [1.29, 1.82) is 0 Å². The number of likely N-dealkylation sites (tertiary alicyclic amines) is 1. The van der Waals surface area contributed by atoms with Crippen LogP contribution in [0, 0.1) is 0 Å². The molecule has 0 N–H and O–H groups in total. The van der Waals surface area contributed by atoms with Gasteiger partial charge in [-0.05, 0) is 18.1 Å². The topological polar surface area (TPSA) is 121 Å². The van der Waals surface area contributed by atoms with Gasteiger partial charge < -0.3 is 28.6 Å². The molecule has 0 aliphatic carbocycles. The van der Waals surface area contributed by atoms with Crippen LogP contribution >= 0.6 is 0 Å². The average Bonchev–Trinajstić information content (AvgIpc) is 3.14. The molecular weight excluding hydrogens is 436 g/mol. The molecule has 33 heavy (non-hydrogen) atoms. The zero-order valence-electron chi connectivity index (χ0n) is 18.5. The summed E-state index contributed by atoms with van der Waals surface area (Å²) in [4.78, 5) is 51.9. The van der Waals surface area contributed by atoms with E-state index in [9.17, 15) is 19.2 Å². The van der Waals surface area contributed by atoms with Crippen LogP contribution in [0.25, 0.3) is 0 Å². The summed E-state index contributed by atoms with van der Waals surface area (Å²) in [6.45, 7) is 1.50. The predicted molar refractivity (Wildman–Crippen MR) is 112 cm³/mol. The van der Waals surface area contributed by atoms with Gasteiger partial charge in [-0.25, -0.2) is 9.69 Å². The van der Waals surface area contributed by atoms with Crippen molar-refractivity contribution >= 4 is 23.9 Å². The van der Waals surface area contributed by atoms with Gasteiger partial charge in [0.2, 0.25) is 5.91 Å². The number of nitrogens with zero attached hydrogens (tertiary/aromatic N) is 2. The van der Waals surface area contributed by atoms with E-state index in [1.165, 1.54) is 4.90 Å². The maximum atomic E-state index is 12.9. The van der Waals surface area contributed by atoms with Crippen LogP contribution in [0.3, 0.4) is 0 Å². The van der Waals surface area contributed by atoms with Gasteiger partial charge in [-0.2, -0.15) is 0 Å². The van der Waals surface area contributed by atoms with E-state index in [-0.39, 0.29) is 32.0 Å². The van der Waals surface area contributed by atoms with Crippen LogP contribution in [0.15, 0.2) is 24.3 Å². The Labute approximate surface area is 191 Å². The summed E-state index contributed by atoms with van der Waals surface area (Å²) in [5.74, 6) is -1.29. The van der Waals surface area contributed by atoms with Crippen molar-refractivity contribution in [2.24, 2.45) is 0 Å². The van der Waals surface area contributed by atoms with Crippen LogP contribution in [-0.2, 0) is 39.8 Å². The first kappa shape index (κ1) is 24.6. The molecule has 3 rings (SSSR count). The Balaban J connectivity index is 1.39. The number of benzene rings is 1. The number of carbonyl (C=O) groups excluding carboxylic acids is 4. The molecule has 0 bridgehead atoms. The van der Waals surface area contributed by atoms with Crippen molar-refractivity contribution in [3.05, 3.63) is 35.4 Å². The zero-order chi connectivity index (χ0) is 23.6. The number of piperidine rings is 1. The Bertz CT molecular complexity index is 860. The monoisotopic (exact) mass is 464 g/mol. The number of methoxy groups -OCH3 is 1. The largest absolute Gasteiger partial charge is 0.510 e. The minimum Gasteiger partial charge on any atom is -0.432 e. The molecular formula is C22H28N2O9. The SMILES string of the molecule is COCCOCCOCCOC(=O)OCN1C(=O)CCC(N2Cc3ccccc3C2=O)C1=O. The third-order valence-corrected chi connectivity index (χ3v) is 5.27. The first-order chi connectivity index (χ1) is 16.0. The van der Waals surface area contributed by atoms with Crippen LogP contribution < -0.4 is 0 Å². The predicted octanol–water partition coefficient (Wildman–Crippen LogP) is 0.950. The van der Waals surface area contributed by atoms with Crippen LogP contribution in [0.1, 0.15) is 28.8 Å². The van der Waals surface area contributed by atoms with Crippen LogP contribution in [0.5, 0.6) is 0 Å². The highest BCUT2D eigenvalue weighted by molar-refractivity contribution is 6.05. The Hall–Kier alpha value is -3.02. The molecule has 0 radical (unpaired) electrons. The van der Waals surface area contributed by atoms with Crippen molar-refractivity contribution in [3.63, 3.8) is 0 Å². The molecule has 2 aliphatic rings. The number of hydrogen-bond acceptors (Lipinski definition) is 9. The molecule has 0 saturated carbocycles. The van der Waals surface area contributed by atoms with Crippen LogP contribution in [0.2, 0.25) is 0 Å². The molecule has 11 nitrogen and oxygen atoms in total. The van der Waals surface area contributed by atoms with E-state index in [0.717, 1.165) is 10.5 Å². The molecule has 11 heteroatoms. The maximum absolute atomic E-state index is 12.9. The number of ether oxygens (including phenoxy) is 5. The second kappa shape index (κ2) is 12.3. The number of imide groups is 1. The van der Waals surface area contributed by atoms with Crippen molar-refractivity contribution < 1.29 is 42.9 Å². The lowest BCUT2D eigenvalue weighted by Crippen LogP contribution is -2.55. The number of rotatable bonds is 12. The lowest BCUT2D eigenvalue weighted by Gasteiger charge is -2.34. The first-order valence-electron chi connectivity index (χ1n) is 10.7. The highest BCUT2D eigenvalue weighted by Crippen LogP contribution is 2.28. The van der Waals surface area contributed by atoms with Crippen molar-refractivity contribution in [3.8, 4) is 0 Å². The maximum Gasteiger partial charge on any atom is 0.510 e. The molecule has 3 amide bonds. The molecule has 1 saturated heterocycles. The number of carbonyl (C=O) groups is 4. The normalized spacial score (nSPS) is 18.0. The summed E-state index contributed by atoms with van der Waals surface area (Å²) in [7, 11) is 1.58. The summed E-state index contributed by atoms with van der Waals surface area (Å²) in [6.07, 6.45) is -0.734. The van der Waals surface area contributed by atoms with Gasteiger partial charge in [-0.15, -0.1) is 0 Å². The second-order valence-electron chi connectivity index (χ2n) is 7.39. The number of amides is 3. The molecule has 1 aromatic carbocycles. The second-order valence-corrected chi connectivity index (χ2v) is 7.39. The third-order valence-electron chi connectivity index (χ3n) is 5.27. The van der Waals surface area contributed by atoms with E-state index in [1.54, 1.807) is 19.2 Å². The van der Waals surface area contributed by atoms with Gasteiger partial charge in [0, 0.05) is 25.6 Å². The van der Waals surface area contributed by atoms with Gasteiger partial charge in [0.15, 0.2) is 6.73 Å². The quantitative estimate of drug-likeness (QED) is 0.253. The Morgan fingerprint density at radius 1 is 0.970 bits per heavy atom. The molecule has 1 aromatic rings. The van der Waals surface area contributed by atoms with Gasteiger partial charge >= 0.3 is 6.16 Å². The molecule has 180 valence electrons. The fourth-order valence-electron chi connectivity index (χ4n) is 3.58. The molecule has 2 aliphatic heterocycles. The van der Waals surface area contributed by atoms with Gasteiger partial charge in [-0.3, -0.25) is 14.4 Å². The van der Waals surface area contributed by atoms with Crippen LogP contribution in [0.4, 0.5) is 4.79 Å². The summed E-state index contributed by atoms with van der Waals surface area (Å²) in [5.41, 5.74) is 1.39. The Morgan fingerprint density at radius 2 is 1.67 bits per heavy atom. The number of fused-ring (bicyclic) bond motifs is 1. The third kappa shape index (κ3) is 6.50. The van der Waals surface area contributed by atoms with E-state index in [2.05, 4.69) is 0 Å². The fraction of sp³-hybridized carbons (Fsp3) is 0.545. The fourth-order valence-corrected chi connectivity index (χ4v) is 3.58. The molecule has 0 aromatic heterocycles. The minimum absolute atomic E-state index is 0.0536. The van der Waals surface area contributed by atoms with Crippen molar-refractivity contribution in [1.82, 2.24) is 9.80 Å². The molecule has 1 unspecified atom stereocenters. The molecule has 1 fully saturated rings. The van der Waals surface area contributed by atoms with E-state index in [4.69, 9.17) is 23.7 Å². The lowest BCUT2D eigenvalue weighted by molar-refractivity contribution is -0.157. The summed E-state index contributed by atoms with van der Waals surface area (Å²) < 4.78 is 25.1.